The predicted octanol–water partition coefficient (Wildman–Crippen LogP) is 1.10. The van der Waals surface area contributed by atoms with Crippen LogP contribution in [-0.4, -0.2) is 29.4 Å². The number of rotatable bonds is 8. The number of nitrogens with one attached hydrogen (secondary N) is 2. The van der Waals surface area contributed by atoms with Gasteiger partial charge in [-0.1, -0.05) is 5.16 Å². The van der Waals surface area contributed by atoms with Crippen molar-refractivity contribution in [2.75, 3.05) is 19.3 Å². The fraction of sp³-hybridized carbons (Fsp3) is 0.500. The minimum atomic E-state index is -0.496. The molecule has 2 N–H and O–H groups in total. The van der Waals surface area contributed by atoms with Crippen molar-refractivity contribution < 1.29 is 9.45 Å². The van der Waals surface area contributed by atoms with Crippen LogP contribution in [0.2, 0.25) is 0 Å². The predicted molar refractivity (Wildman–Crippen MR) is 69.5 cm³/mol. The molecule has 1 aromatic rings. The van der Waals surface area contributed by atoms with E-state index in [1.807, 2.05) is 13.0 Å². The Morgan fingerprint density at radius 2 is 2.50 bits per heavy atom. The monoisotopic (exact) mass is 272 g/mol. The Labute approximate surface area is 109 Å². The van der Waals surface area contributed by atoms with Gasteiger partial charge in [0.05, 0.1) is 10.6 Å². The average Bonchev–Trinajstić information content (AvgIpc) is 2.72. The number of hydrogen-bond donors (Lipinski definition) is 2. The molecule has 8 heteroatoms. The van der Waals surface area contributed by atoms with Gasteiger partial charge in [0.1, 0.15) is 5.76 Å². The van der Waals surface area contributed by atoms with Crippen molar-refractivity contribution in [3.63, 3.8) is 0 Å². The summed E-state index contributed by atoms with van der Waals surface area (Å²) in [6.07, 6.45) is 0.908. The molecule has 0 fully saturated rings. The molecule has 0 saturated heterocycles. The zero-order chi connectivity index (χ0) is 13.4. The van der Waals surface area contributed by atoms with Crippen molar-refractivity contribution in [1.82, 2.24) is 15.8 Å². The highest BCUT2D eigenvalue weighted by molar-refractivity contribution is 7.98. The van der Waals surface area contributed by atoms with Crippen molar-refractivity contribution >= 4 is 11.8 Å². The number of aromatic nitrogens is 1. The van der Waals surface area contributed by atoms with Crippen LogP contribution in [0.4, 0.5) is 0 Å². The van der Waals surface area contributed by atoms with E-state index in [9.17, 15) is 10.1 Å². The lowest BCUT2D eigenvalue weighted by atomic mass is 10.4. The highest BCUT2D eigenvalue weighted by Crippen LogP contribution is 2.11. The van der Waals surface area contributed by atoms with Gasteiger partial charge >= 0.3 is 0 Å². The Kier molecular flexibility index (Phi) is 6.06. The first-order chi connectivity index (χ1) is 8.61. The Hall–Kier alpha value is -1.70. The van der Waals surface area contributed by atoms with E-state index in [1.54, 1.807) is 18.8 Å². The highest BCUT2D eigenvalue weighted by Gasteiger charge is 2.01. The quantitative estimate of drug-likeness (QED) is 0.416. The molecule has 0 unspecified atom stereocenters. The van der Waals surface area contributed by atoms with Crippen LogP contribution in [0.1, 0.15) is 11.5 Å². The summed E-state index contributed by atoms with van der Waals surface area (Å²) in [5.74, 6) is 2.79. The molecule has 7 nitrogen and oxygen atoms in total. The van der Waals surface area contributed by atoms with Gasteiger partial charge in [-0.25, -0.2) is 0 Å². The molecule has 0 aromatic carbocycles. The molecular weight excluding hydrogens is 256 g/mol. The van der Waals surface area contributed by atoms with Gasteiger partial charge in [-0.15, -0.1) is 0 Å². The molecule has 0 aliphatic carbocycles. The van der Waals surface area contributed by atoms with Gasteiger partial charge in [0.15, 0.2) is 5.82 Å². The molecule has 0 aliphatic rings. The maximum atomic E-state index is 10.3. The first-order valence-electron chi connectivity index (χ1n) is 5.38. The van der Waals surface area contributed by atoms with E-state index in [2.05, 4.69) is 15.8 Å². The van der Waals surface area contributed by atoms with Crippen LogP contribution >= 0.6 is 11.8 Å². The summed E-state index contributed by atoms with van der Waals surface area (Å²) in [5, 5.41) is 19.8. The summed E-state index contributed by atoms with van der Waals surface area (Å²) in [6.45, 7) is 2.49. The molecule has 1 aromatic heterocycles. The van der Waals surface area contributed by atoms with E-state index in [1.165, 1.54) is 0 Å². The van der Waals surface area contributed by atoms with Crippen LogP contribution in [0.3, 0.4) is 0 Å². The molecule has 100 valence electrons. The van der Waals surface area contributed by atoms with Crippen molar-refractivity contribution in [2.24, 2.45) is 0 Å². The smallest absolute Gasteiger partial charge is 0.274 e. The summed E-state index contributed by atoms with van der Waals surface area (Å²) < 4.78 is 4.95. The lowest BCUT2D eigenvalue weighted by Gasteiger charge is -2.06. The van der Waals surface area contributed by atoms with Crippen molar-refractivity contribution in [1.29, 1.82) is 0 Å². The maximum absolute atomic E-state index is 10.3. The maximum Gasteiger partial charge on any atom is 0.274 e. The third-order valence-electron chi connectivity index (χ3n) is 1.99. The fourth-order valence-corrected chi connectivity index (χ4v) is 1.96. The molecule has 18 heavy (non-hydrogen) atoms. The number of aryl methyl sites for hydroxylation is 1. The highest BCUT2D eigenvalue weighted by atomic mass is 32.2. The fourth-order valence-electron chi connectivity index (χ4n) is 1.22. The summed E-state index contributed by atoms with van der Waals surface area (Å²) >= 11 is 1.68. The number of thioether (sulfide) groups is 1. The molecule has 0 radical (unpaired) electrons. The largest absolute Gasteiger partial charge is 0.370 e. The van der Waals surface area contributed by atoms with Gasteiger partial charge in [-0.2, -0.15) is 11.8 Å². The Balaban J connectivity index is 2.16. The Morgan fingerprint density at radius 3 is 3.06 bits per heavy atom. The standard InChI is InChI=1S/C10H16N4O3S/c1-8-5-9(13-17-8)7-18-4-3-12-10(11-2)6-14(15)16/h5-6,11-12H,3-4,7H2,1-2H3. The number of hydrogen-bond acceptors (Lipinski definition) is 7. The minimum Gasteiger partial charge on any atom is -0.370 e. The minimum absolute atomic E-state index is 0.401. The topological polar surface area (TPSA) is 93.2 Å². The zero-order valence-corrected chi connectivity index (χ0v) is 11.1. The third-order valence-corrected chi connectivity index (χ3v) is 2.99. The summed E-state index contributed by atoms with van der Waals surface area (Å²) in [5.41, 5.74) is 0.909. The van der Waals surface area contributed by atoms with Crippen molar-refractivity contribution in [3.8, 4) is 0 Å². The molecule has 0 atom stereocenters. The molecule has 0 spiro atoms. The lowest BCUT2D eigenvalue weighted by molar-refractivity contribution is -0.404. The zero-order valence-electron chi connectivity index (χ0n) is 10.3. The summed E-state index contributed by atoms with van der Waals surface area (Å²) in [4.78, 5) is 9.77. The Bertz CT molecular complexity index is 419. The normalized spacial score (nSPS) is 11.3. The van der Waals surface area contributed by atoms with Crippen LogP contribution < -0.4 is 10.6 Å². The second-order valence-electron chi connectivity index (χ2n) is 3.49. The molecule has 1 heterocycles. The second kappa shape index (κ2) is 7.59. The van der Waals surface area contributed by atoms with E-state index in [4.69, 9.17) is 4.52 Å². The van der Waals surface area contributed by atoms with Crippen LogP contribution in [0.5, 0.6) is 0 Å². The van der Waals surface area contributed by atoms with E-state index < -0.39 is 4.92 Å². The summed E-state index contributed by atoms with van der Waals surface area (Å²) in [6, 6.07) is 1.89. The van der Waals surface area contributed by atoms with Crippen LogP contribution in [-0.2, 0) is 5.75 Å². The molecule has 0 bridgehead atoms. The first kappa shape index (κ1) is 14.4. The first-order valence-corrected chi connectivity index (χ1v) is 6.54. The lowest BCUT2D eigenvalue weighted by Crippen LogP contribution is -2.26. The molecule has 0 amide bonds. The van der Waals surface area contributed by atoms with Crippen molar-refractivity contribution in [2.45, 2.75) is 12.7 Å². The van der Waals surface area contributed by atoms with E-state index in [0.29, 0.717) is 12.4 Å². The van der Waals surface area contributed by atoms with E-state index >= 15 is 0 Å². The van der Waals surface area contributed by atoms with Gasteiger partial charge in [-0.3, -0.25) is 10.1 Å². The SMILES string of the molecule is CNC(=C[N+](=O)[O-])NCCSCc1cc(C)on1. The van der Waals surface area contributed by atoms with Gasteiger partial charge in [0.25, 0.3) is 6.20 Å². The van der Waals surface area contributed by atoms with Crippen LogP contribution in [0, 0.1) is 17.0 Å². The van der Waals surface area contributed by atoms with E-state index in [-0.39, 0.29) is 0 Å². The molecule has 0 saturated carbocycles. The second-order valence-corrected chi connectivity index (χ2v) is 4.59. The van der Waals surface area contributed by atoms with Gasteiger partial charge < -0.3 is 15.2 Å². The Morgan fingerprint density at radius 1 is 1.72 bits per heavy atom. The van der Waals surface area contributed by atoms with Crippen molar-refractivity contribution in [3.05, 3.63) is 39.7 Å². The third kappa shape index (κ3) is 5.58. The molecular formula is C10H16N4O3S. The van der Waals surface area contributed by atoms with Gasteiger partial charge in [0, 0.05) is 31.2 Å². The molecule has 1 rings (SSSR count). The van der Waals surface area contributed by atoms with Gasteiger partial charge in [0.2, 0.25) is 0 Å². The van der Waals surface area contributed by atoms with Gasteiger partial charge in [-0.05, 0) is 6.92 Å². The number of nitrogens with zero attached hydrogens (tertiary/aromatic N) is 2. The molecule has 0 aliphatic heterocycles. The summed E-state index contributed by atoms with van der Waals surface area (Å²) in [7, 11) is 1.63. The number of nitro groups is 1. The van der Waals surface area contributed by atoms with Crippen LogP contribution in [0.15, 0.2) is 22.6 Å². The van der Waals surface area contributed by atoms with E-state index in [0.717, 1.165) is 29.2 Å². The average molecular weight is 272 g/mol. The van der Waals surface area contributed by atoms with Crippen LogP contribution in [0.25, 0.3) is 0 Å².